The molecule has 0 spiro atoms. The summed E-state index contributed by atoms with van der Waals surface area (Å²) in [5, 5.41) is 12.0. The van der Waals surface area contributed by atoms with Gasteiger partial charge in [-0.1, -0.05) is 25.2 Å². The van der Waals surface area contributed by atoms with Crippen LogP contribution in [0.25, 0.3) is 0 Å². The van der Waals surface area contributed by atoms with E-state index in [2.05, 4.69) is 15.5 Å². The van der Waals surface area contributed by atoms with Gasteiger partial charge in [0.15, 0.2) is 5.78 Å². The number of rotatable bonds is 6. The minimum absolute atomic E-state index is 0.00313. The molecule has 2 aromatic rings. The first-order chi connectivity index (χ1) is 9.95. The van der Waals surface area contributed by atoms with Crippen LogP contribution in [0.15, 0.2) is 12.1 Å². The van der Waals surface area contributed by atoms with Gasteiger partial charge < -0.3 is 5.32 Å². The van der Waals surface area contributed by atoms with Crippen LogP contribution in [-0.4, -0.2) is 21.9 Å². The van der Waals surface area contributed by atoms with Gasteiger partial charge in [0.05, 0.1) is 4.88 Å². The second-order valence-electron chi connectivity index (χ2n) is 4.98. The molecule has 21 heavy (non-hydrogen) atoms. The Labute approximate surface area is 131 Å². The molecule has 0 saturated carbocycles. The number of nitrogens with one attached hydrogen (secondary N) is 1. The van der Waals surface area contributed by atoms with Gasteiger partial charge >= 0.3 is 0 Å². The number of amides is 1. The topological polar surface area (TPSA) is 72.0 Å². The lowest BCUT2D eigenvalue weighted by molar-refractivity contribution is -0.116. The molecule has 0 bridgehead atoms. The lowest BCUT2D eigenvalue weighted by Gasteiger charge is -2.00. The molecule has 0 aliphatic carbocycles. The lowest BCUT2D eigenvalue weighted by atomic mass is 10.2. The van der Waals surface area contributed by atoms with Crippen molar-refractivity contribution < 1.29 is 9.59 Å². The molecule has 2 heterocycles. The van der Waals surface area contributed by atoms with Gasteiger partial charge in [-0.15, -0.1) is 21.5 Å². The van der Waals surface area contributed by atoms with Crippen molar-refractivity contribution in [2.45, 2.75) is 39.5 Å². The molecule has 0 unspecified atom stereocenters. The van der Waals surface area contributed by atoms with E-state index in [9.17, 15) is 9.59 Å². The maximum Gasteiger partial charge on any atom is 0.226 e. The Morgan fingerprint density at radius 1 is 1.19 bits per heavy atom. The van der Waals surface area contributed by atoms with E-state index in [1.807, 2.05) is 26.8 Å². The summed E-state index contributed by atoms with van der Waals surface area (Å²) in [4.78, 5) is 25.5. The van der Waals surface area contributed by atoms with Crippen molar-refractivity contribution >= 4 is 39.5 Å². The molecule has 2 rings (SSSR count). The predicted molar refractivity (Wildman–Crippen MR) is 85.2 cm³/mol. The number of thiophene rings is 1. The van der Waals surface area contributed by atoms with Crippen molar-refractivity contribution in [1.82, 2.24) is 10.2 Å². The molecule has 1 N–H and O–H groups in total. The molecule has 0 aliphatic heterocycles. The zero-order valence-electron chi connectivity index (χ0n) is 12.2. The molecule has 2 aromatic heterocycles. The van der Waals surface area contributed by atoms with Crippen LogP contribution in [0.4, 0.5) is 5.13 Å². The average Bonchev–Trinajstić information content (AvgIpc) is 3.05. The number of carbonyl (C=O) groups excluding carboxylic acids is 2. The highest BCUT2D eigenvalue weighted by atomic mass is 32.1. The molecule has 5 nitrogen and oxygen atoms in total. The largest absolute Gasteiger partial charge is 0.301 e. The molecule has 0 atom stereocenters. The van der Waals surface area contributed by atoms with Crippen molar-refractivity contribution in [3.63, 3.8) is 0 Å². The van der Waals surface area contributed by atoms with Crippen LogP contribution in [0.3, 0.4) is 0 Å². The van der Waals surface area contributed by atoms with Crippen molar-refractivity contribution in [3.8, 4) is 0 Å². The molecule has 0 saturated heterocycles. The van der Waals surface area contributed by atoms with Crippen LogP contribution >= 0.6 is 22.7 Å². The number of Topliss-reactive ketones (excluding diaryl/α,β-unsaturated/α-hetero) is 1. The number of hydrogen-bond donors (Lipinski definition) is 1. The first-order valence-electron chi connectivity index (χ1n) is 6.68. The monoisotopic (exact) mass is 323 g/mol. The molecule has 7 heteroatoms. The first kappa shape index (κ1) is 15.8. The summed E-state index contributed by atoms with van der Waals surface area (Å²) in [6.45, 7) is 6.00. The van der Waals surface area contributed by atoms with Crippen molar-refractivity contribution in [1.29, 1.82) is 0 Å². The molecule has 0 radical (unpaired) electrons. The molecular weight excluding hydrogens is 306 g/mol. The minimum atomic E-state index is -0.205. The van der Waals surface area contributed by atoms with E-state index in [-0.39, 0.29) is 30.4 Å². The average molecular weight is 323 g/mol. The maximum atomic E-state index is 11.9. The smallest absolute Gasteiger partial charge is 0.226 e. The molecule has 0 aliphatic rings. The number of aryl methyl sites for hydroxylation is 1. The summed E-state index contributed by atoms with van der Waals surface area (Å²) >= 11 is 2.82. The quantitative estimate of drug-likeness (QED) is 0.824. The maximum absolute atomic E-state index is 11.9. The summed E-state index contributed by atoms with van der Waals surface area (Å²) in [7, 11) is 0. The second-order valence-corrected chi connectivity index (χ2v) is 7.28. The van der Waals surface area contributed by atoms with Crippen molar-refractivity contribution in [2.24, 2.45) is 0 Å². The summed E-state index contributed by atoms with van der Waals surface area (Å²) in [6.07, 6.45) is 0.369. The Bertz CT molecular complexity index is 646. The Balaban J connectivity index is 1.83. The SMILES string of the molecule is Cc1ccc(C(=O)CCC(=O)Nc2nnc(C(C)C)s2)s1. The summed E-state index contributed by atoms with van der Waals surface area (Å²) in [5.74, 6) is 0.0864. The normalized spacial score (nSPS) is 10.9. The Morgan fingerprint density at radius 2 is 1.95 bits per heavy atom. The fraction of sp³-hybridized carbons (Fsp3) is 0.429. The lowest BCUT2D eigenvalue weighted by Crippen LogP contribution is -2.13. The molecule has 0 aromatic carbocycles. The zero-order chi connectivity index (χ0) is 15.4. The van der Waals surface area contributed by atoms with Gasteiger partial charge in [-0.05, 0) is 19.1 Å². The second kappa shape index (κ2) is 6.91. The summed E-state index contributed by atoms with van der Waals surface area (Å²) < 4.78 is 0. The minimum Gasteiger partial charge on any atom is -0.301 e. The number of aromatic nitrogens is 2. The van der Waals surface area contributed by atoms with Crippen molar-refractivity contribution in [2.75, 3.05) is 5.32 Å². The van der Waals surface area contributed by atoms with Crippen molar-refractivity contribution in [3.05, 3.63) is 26.9 Å². The number of hydrogen-bond acceptors (Lipinski definition) is 6. The van der Waals surface area contributed by atoms with Crippen LogP contribution in [0.1, 0.15) is 52.2 Å². The van der Waals surface area contributed by atoms with Gasteiger partial charge in [0.1, 0.15) is 5.01 Å². The third kappa shape index (κ3) is 4.44. The van der Waals surface area contributed by atoms with E-state index < -0.39 is 0 Å². The Kier molecular flexibility index (Phi) is 5.19. The van der Waals surface area contributed by atoms with E-state index in [0.717, 1.165) is 9.88 Å². The molecule has 1 amide bonds. The van der Waals surface area contributed by atoms with Gasteiger partial charge in [0.25, 0.3) is 0 Å². The fourth-order valence-electron chi connectivity index (χ4n) is 1.63. The van der Waals surface area contributed by atoms with E-state index in [1.54, 1.807) is 6.07 Å². The summed E-state index contributed by atoms with van der Waals surface area (Å²) in [5.41, 5.74) is 0. The van der Waals surface area contributed by atoms with Gasteiger partial charge in [0, 0.05) is 23.6 Å². The van der Waals surface area contributed by atoms with E-state index in [0.29, 0.717) is 10.0 Å². The third-order valence-corrected chi connectivity index (χ3v) is 4.96. The fourth-order valence-corrected chi connectivity index (χ4v) is 3.23. The highest BCUT2D eigenvalue weighted by Crippen LogP contribution is 2.22. The van der Waals surface area contributed by atoms with E-state index in [1.165, 1.54) is 22.7 Å². The highest BCUT2D eigenvalue weighted by molar-refractivity contribution is 7.15. The van der Waals surface area contributed by atoms with Crippen LogP contribution in [0.2, 0.25) is 0 Å². The standard InChI is InChI=1S/C14H17N3O2S2/c1-8(2)13-16-17-14(21-13)15-12(19)7-5-10(18)11-6-4-9(3)20-11/h4,6,8H,5,7H2,1-3H3,(H,15,17,19). The molecular formula is C14H17N3O2S2. The predicted octanol–water partition coefficient (Wildman–Crippen LogP) is 3.63. The number of anilines is 1. The zero-order valence-corrected chi connectivity index (χ0v) is 13.8. The van der Waals surface area contributed by atoms with E-state index in [4.69, 9.17) is 0 Å². The van der Waals surface area contributed by atoms with Gasteiger partial charge in [-0.25, -0.2) is 0 Å². The summed E-state index contributed by atoms with van der Waals surface area (Å²) in [6, 6.07) is 3.71. The Morgan fingerprint density at radius 3 is 2.52 bits per heavy atom. The van der Waals surface area contributed by atoms with E-state index >= 15 is 0 Å². The van der Waals surface area contributed by atoms with Crippen LogP contribution in [0.5, 0.6) is 0 Å². The number of carbonyl (C=O) groups is 2. The highest BCUT2D eigenvalue weighted by Gasteiger charge is 2.13. The van der Waals surface area contributed by atoms with Gasteiger partial charge in [-0.3, -0.25) is 9.59 Å². The molecule has 0 fully saturated rings. The van der Waals surface area contributed by atoms with Crippen LogP contribution < -0.4 is 5.32 Å². The van der Waals surface area contributed by atoms with Crippen LogP contribution in [-0.2, 0) is 4.79 Å². The van der Waals surface area contributed by atoms with Gasteiger partial charge in [-0.2, -0.15) is 0 Å². The Hall–Kier alpha value is -1.60. The number of nitrogens with zero attached hydrogens (tertiary/aromatic N) is 2. The third-order valence-electron chi connectivity index (χ3n) is 2.78. The first-order valence-corrected chi connectivity index (χ1v) is 8.32. The van der Waals surface area contributed by atoms with Gasteiger partial charge in [0.2, 0.25) is 11.0 Å². The van der Waals surface area contributed by atoms with Crippen LogP contribution in [0, 0.1) is 6.92 Å². The molecule has 112 valence electrons. The number of ketones is 1.